The van der Waals surface area contributed by atoms with Gasteiger partial charge in [-0.25, -0.2) is 0 Å². The van der Waals surface area contributed by atoms with E-state index in [-0.39, 0.29) is 17.4 Å². The molecule has 3 heteroatoms. The van der Waals surface area contributed by atoms with Crippen molar-refractivity contribution in [1.29, 1.82) is 0 Å². The Balaban J connectivity index is 2.57. The number of rotatable bonds is 4. The van der Waals surface area contributed by atoms with Crippen molar-refractivity contribution < 1.29 is 4.79 Å². The molecule has 0 saturated carbocycles. The number of nitrogens with two attached hydrogens (primary N) is 1. The van der Waals surface area contributed by atoms with E-state index in [2.05, 4.69) is 20.8 Å². The number of likely N-dealkylation sites (tertiary alicyclic amines) is 1. The highest BCUT2D eigenvalue weighted by molar-refractivity contribution is 5.82. The van der Waals surface area contributed by atoms with E-state index >= 15 is 0 Å². The summed E-state index contributed by atoms with van der Waals surface area (Å²) in [7, 11) is 0. The van der Waals surface area contributed by atoms with E-state index in [0.717, 1.165) is 38.8 Å². The van der Waals surface area contributed by atoms with Gasteiger partial charge in [0.15, 0.2) is 0 Å². The van der Waals surface area contributed by atoms with E-state index in [9.17, 15) is 4.79 Å². The second kappa shape index (κ2) is 4.97. The van der Waals surface area contributed by atoms with Crippen molar-refractivity contribution in [2.75, 3.05) is 13.1 Å². The first-order valence-corrected chi connectivity index (χ1v) is 6.03. The van der Waals surface area contributed by atoms with Crippen LogP contribution in [-0.2, 0) is 4.79 Å². The van der Waals surface area contributed by atoms with Gasteiger partial charge in [-0.05, 0) is 24.7 Å². The maximum absolute atomic E-state index is 12.1. The van der Waals surface area contributed by atoms with E-state index < -0.39 is 0 Å². The molecular weight excluding hydrogens is 188 g/mol. The molecule has 0 bridgehead atoms. The van der Waals surface area contributed by atoms with Gasteiger partial charge in [0.25, 0.3) is 0 Å². The van der Waals surface area contributed by atoms with Crippen LogP contribution < -0.4 is 5.73 Å². The van der Waals surface area contributed by atoms with Crippen LogP contribution in [0.15, 0.2) is 0 Å². The van der Waals surface area contributed by atoms with Gasteiger partial charge in [0.2, 0.25) is 5.91 Å². The molecule has 0 radical (unpaired) electrons. The first-order valence-electron chi connectivity index (χ1n) is 6.03. The molecule has 0 spiro atoms. The third-order valence-corrected chi connectivity index (χ3v) is 3.42. The van der Waals surface area contributed by atoms with E-state index in [4.69, 9.17) is 5.73 Å². The largest absolute Gasteiger partial charge is 0.341 e. The topological polar surface area (TPSA) is 46.3 Å². The fourth-order valence-corrected chi connectivity index (χ4v) is 2.27. The van der Waals surface area contributed by atoms with Crippen LogP contribution in [0.25, 0.3) is 0 Å². The Labute approximate surface area is 93.0 Å². The average Bonchev–Trinajstić information content (AvgIpc) is 2.68. The minimum absolute atomic E-state index is 0.0750. The SMILES string of the molecule is CCCC(C)(C)[C@H](N)C(=O)N1CCCC1. The van der Waals surface area contributed by atoms with Gasteiger partial charge < -0.3 is 10.6 Å². The highest BCUT2D eigenvalue weighted by Crippen LogP contribution is 2.27. The molecule has 2 N–H and O–H groups in total. The summed E-state index contributed by atoms with van der Waals surface area (Å²) < 4.78 is 0. The molecule has 1 aliphatic rings. The van der Waals surface area contributed by atoms with Crippen molar-refractivity contribution in [3.05, 3.63) is 0 Å². The van der Waals surface area contributed by atoms with Gasteiger partial charge in [-0.1, -0.05) is 27.2 Å². The summed E-state index contributed by atoms with van der Waals surface area (Å²) in [5.74, 6) is 0.144. The Hall–Kier alpha value is -0.570. The van der Waals surface area contributed by atoms with Crippen molar-refractivity contribution in [3.63, 3.8) is 0 Å². The van der Waals surface area contributed by atoms with E-state index in [0.29, 0.717) is 0 Å². The highest BCUT2D eigenvalue weighted by Gasteiger charge is 2.34. The predicted octanol–water partition coefficient (Wildman–Crippen LogP) is 1.76. The van der Waals surface area contributed by atoms with Gasteiger partial charge in [-0.2, -0.15) is 0 Å². The maximum atomic E-state index is 12.1. The van der Waals surface area contributed by atoms with Crippen molar-refractivity contribution in [2.45, 2.75) is 52.5 Å². The molecule has 0 aliphatic carbocycles. The molecule has 0 aromatic heterocycles. The molecule has 0 aromatic rings. The van der Waals surface area contributed by atoms with Gasteiger partial charge >= 0.3 is 0 Å². The summed E-state index contributed by atoms with van der Waals surface area (Å²) in [6.45, 7) is 8.11. The van der Waals surface area contributed by atoms with Crippen LogP contribution in [0.2, 0.25) is 0 Å². The molecule has 1 amide bonds. The average molecular weight is 212 g/mol. The fourth-order valence-electron chi connectivity index (χ4n) is 2.27. The molecule has 3 nitrogen and oxygen atoms in total. The fraction of sp³-hybridized carbons (Fsp3) is 0.917. The molecule has 15 heavy (non-hydrogen) atoms. The lowest BCUT2D eigenvalue weighted by atomic mass is 9.80. The number of hydrogen-bond acceptors (Lipinski definition) is 2. The van der Waals surface area contributed by atoms with Crippen molar-refractivity contribution >= 4 is 5.91 Å². The molecule has 1 fully saturated rings. The first kappa shape index (κ1) is 12.5. The predicted molar refractivity (Wildman–Crippen MR) is 62.5 cm³/mol. The molecule has 0 unspecified atom stereocenters. The lowest BCUT2D eigenvalue weighted by molar-refractivity contribution is -0.134. The number of hydrogen-bond donors (Lipinski definition) is 1. The molecule has 1 saturated heterocycles. The maximum Gasteiger partial charge on any atom is 0.240 e. The summed E-state index contributed by atoms with van der Waals surface area (Å²) in [6.07, 6.45) is 4.35. The smallest absolute Gasteiger partial charge is 0.240 e. The van der Waals surface area contributed by atoms with Gasteiger partial charge in [0.05, 0.1) is 6.04 Å². The van der Waals surface area contributed by atoms with Gasteiger partial charge in [-0.15, -0.1) is 0 Å². The van der Waals surface area contributed by atoms with Crippen LogP contribution in [0.5, 0.6) is 0 Å². The van der Waals surface area contributed by atoms with Crippen molar-refractivity contribution in [2.24, 2.45) is 11.1 Å². The minimum atomic E-state index is -0.337. The van der Waals surface area contributed by atoms with E-state index in [1.807, 2.05) is 4.90 Å². The molecule has 88 valence electrons. The van der Waals surface area contributed by atoms with E-state index in [1.165, 1.54) is 0 Å². The van der Waals surface area contributed by atoms with Crippen LogP contribution >= 0.6 is 0 Å². The molecule has 0 aromatic carbocycles. The molecule has 1 rings (SSSR count). The Morgan fingerprint density at radius 3 is 2.40 bits per heavy atom. The number of amides is 1. The molecule has 1 heterocycles. The number of carbonyl (C=O) groups is 1. The van der Waals surface area contributed by atoms with Gasteiger partial charge in [-0.3, -0.25) is 4.79 Å². The summed E-state index contributed by atoms with van der Waals surface area (Å²) >= 11 is 0. The monoisotopic (exact) mass is 212 g/mol. The standard InChI is InChI=1S/C12H24N2O/c1-4-7-12(2,3)10(13)11(15)14-8-5-6-9-14/h10H,4-9,13H2,1-3H3/t10-/m1/s1. The minimum Gasteiger partial charge on any atom is -0.341 e. The van der Waals surface area contributed by atoms with Gasteiger partial charge in [0, 0.05) is 13.1 Å². The lowest BCUT2D eigenvalue weighted by Crippen LogP contribution is -2.50. The second-order valence-corrected chi connectivity index (χ2v) is 5.25. The van der Waals surface area contributed by atoms with Crippen LogP contribution in [0.1, 0.15) is 46.5 Å². The summed E-state index contributed by atoms with van der Waals surface area (Å²) in [5, 5.41) is 0. The zero-order valence-electron chi connectivity index (χ0n) is 10.3. The number of carbonyl (C=O) groups excluding carboxylic acids is 1. The van der Waals surface area contributed by atoms with Crippen LogP contribution in [0.4, 0.5) is 0 Å². The van der Waals surface area contributed by atoms with Crippen LogP contribution in [-0.4, -0.2) is 29.9 Å². The third kappa shape index (κ3) is 2.94. The van der Waals surface area contributed by atoms with Crippen LogP contribution in [0.3, 0.4) is 0 Å². The Kier molecular flexibility index (Phi) is 4.14. The molecule has 1 aliphatic heterocycles. The zero-order valence-corrected chi connectivity index (χ0v) is 10.3. The van der Waals surface area contributed by atoms with Gasteiger partial charge in [0.1, 0.15) is 0 Å². The Morgan fingerprint density at radius 2 is 1.93 bits per heavy atom. The Morgan fingerprint density at radius 1 is 1.40 bits per heavy atom. The normalized spacial score (nSPS) is 19.3. The molecular formula is C12H24N2O. The van der Waals surface area contributed by atoms with Crippen LogP contribution in [0, 0.1) is 5.41 Å². The second-order valence-electron chi connectivity index (χ2n) is 5.25. The Bertz CT molecular complexity index is 220. The summed E-state index contributed by atoms with van der Waals surface area (Å²) in [5.41, 5.74) is 5.99. The summed E-state index contributed by atoms with van der Waals surface area (Å²) in [6, 6.07) is -0.337. The summed E-state index contributed by atoms with van der Waals surface area (Å²) in [4.78, 5) is 14.0. The highest BCUT2D eigenvalue weighted by atomic mass is 16.2. The first-order chi connectivity index (χ1) is 6.99. The lowest BCUT2D eigenvalue weighted by Gasteiger charge is -2.33. The third-order valence-electron chi connectivity index (χ3n) is 3.42. The zero-order chi connectivity index (χ0) is 11.5. The van der Waals surface area contributed by atoms with Crippen molar-refractivity contribution in [1.82, 2.24) is 4.90 Å². The van der Waals surface area contributed by atoms with E-state index in [1.54, 1.807) is 0 Å². The molecule has 1 atom stereocenters. The van der Waals surface area contributed by atoms with Crippen molar-refractivity contribution in [3.8, 4) is 0 Å². The number of nitrogens with zero attached hydrogens (tertiary/aromatic N) is 1. The quantitative estimate of drug-likeness (QED) is 0.772.